The number of methoxy groups -OCH3 is 1. The number of quaternary nitrogens is 1. The van der Waals surface area contributed by atoms with Gasteiger partial charge < -0.3 is 14.6 Å². The third-order valence-electron chi connectivity index (χ3n) is 7.53. The van der Waals surface area contributed by atoms with Crippen molar-refractivity contribution in [3.05, 3.63) is 101 Å². The zero-order valence-corrected chi connectivity index (χ0v) is 21.2. The number of nitriles is 1. The van der Waals surface area contributed by atoms with Gasteiger partial charge in [0.1, 0.15) is 37.2 Å². The first-order valence-electron chi connectivity index (χ1n) is 12.4. The third-order valence-corrected chi connectivity index (χ3v) is 7.53. The Balaban J connectivity index is 1.76. The Kier molecular flexibility index (Phi) is 8.08. The molecule has 0 aromatic heterocycles. The molecule has 1 unspecified atom stereocenters. The summed E-state index contributed by atoms with van der Waals surface area (Å²) < 4.78 is 24.2. The standard InChI is InChI=1S/C30H29FN2O5/c1-37-28(34)30(18-19-32)17-7-12-27(33(30,29(35)36)20-22-8-3-2-4-9-22)23-13-15-25(16-14-23)38-21-24-10-5-6-11-26(24)31/h2-6,8-11,13-16,27H,7,12,17-18,20-21H2,1H3/p+1/t27-,30-,33?/m0/s1. The molecular formula is C30H30FN2O5+. The molecule has 3 atom stereocenters. The number of piperidine rings is 1. The van der Waals surface area contributed by atoms with Crippen molar-refractivity contribution in [1.29, 1.82) is 5.26 Å². The Morgan fingerprint density at radius 2 is 1.76 bits per heavy atom. The lowest BCUT2D eigenvalue weighted by Gasteiger charge is -2.53. The van der Waals surface area contributed by atoms with Gasteiger partial charge >= 0.3 is 12.1 Å². The Labute approximate surface area is 221 Å². The molecule has 0 bridgehead atoms. The van der Waals surface area contributed by atoms with E-state index in [-0.39, 0.29) is 31.8 Å². The maximum atomic E-state index is 14.0. The SMILES string of the molecule is COC(=O)[C@@]1(CC#N)CCC[C@@H](c2ccc(OCc3ccccc3F)cc2)[N+]1(Cc1ccccc1)C(=O)O. The van der Waals surface area contributed by atoms with Crippen LogP contribution in [0.1, 0.15) is 48.4 Å². The van der Waals surface area contributed by atoms with E-state index in [9.17, 15) is 24.3 Å². The fraction of sp³-hybridized carbons (Fsp3) is 0.300. The predicted octanol–water partition coefficient (Wildman–Crippen LogP) is 6.15. The molecule has 1 N–H and O–H groups in total. The van der Waals surface area contributed by atoms with Crippen molar-refractivity contribution < 1.29 is 33.0 Å². The summed E-state index contributed by atoms with van der Waals surface area (Å²) in [6.07, 6.45) is -0.223. The Bertz CT molecular complexity index is 1320. The van der Waals surface area contributed by atoms with E-state index < -0.39 is 28.1 Å². The summed E-state index contributed by atoms with van der Waals surface area (Å²) in [7, 11) is 1.23. The molecule has 38 heavy (non-hydrogen) atoms. The number of ether oxygens (including phenoxy) is 2. The van der Waals surface area contributed by atoms with Crippen molar-refractivity contribution in [2.24, 2.45) is 0 Å². The number of esters is 1. The maximum Gasteiger partial charge on any atom is 0.515 e. The number of hydrogen-bond donors (Lipinski definition) is 1. The highest BCUT2D eigenvalue weighted by molar-refractivity contribution is 5.82. The highest BCUT2D eigenvalue weighted by Gasteiger charge is 2.67. The molecule has 1 heterocycles. The first-order chi connectivity index (χ1) is 18.4. The molecule has 3 aromatic carbocycles. The van der Waals surface area contributed by atoms with E-state index in [1.165, 1.54) is 13.2 Å². The average Bonchev–Trinajstić information content (AvgIpc) is 2.94. The lowest BCUT2D eigenvalue weighted by atomic mass is 9.75. The number of carbonyl (C=O) groups excluding carboxylic acids is 1. The number of halogens is 1. The Hall–Kier alpha value is -4.22. The molecule has 1 aliphatic rings. The average molecular weight is 518 g/mol. The van der Waals surface area contributed by atoms with E-state index in [1.807, 2.05) is 30.3 Å². The van der Waals surface area contributed by atoms with Gasteiger partial charge in [-0.15, -0.1) is 0 Å². The van der Waals surface area contributed by atoms with E-state index in [2.05, 4.69) is 6.07 Å². The highest BCUT2D eigenvalue weighted by atomic mass is 19.1. The second kappa shape index (κ2) is 11.4. The van der Waals surface area contributed by atoms with Crippen molar-refractivity contribution in [2.75, 3.05) is 7.11 Å². The van der Waals surface area contributed by atoms with Crippen LogP contribution in [0.3, 0.4) is 0 Å². The summed E-state index contributed by atoms with van der Waals surface area (Å²) in [6.45, 7) is 0.0510. The minimum absolute atomic E-state index is 0.00313. The zero-order chi connectivity index (χ0) is 27.2. The zero-order valence-electron chi connectivity index (χ0n) is 21.2. The largest absolute Gasteiger partial charge is 0.515 e. The molecule has 196 valence electrons. The van der Waals surface area contributed by atoms with Crippen molar-refractivity contribution in [3.8, 4) is 11.8 Å². The molecule has 7 nitrogen and oxygen atoms in total. The van der Waals surface area contributed by atoms with Crippen LogP contribution in [0.25, 0.3) is 0 Å². The number of carboxylic acid groups (broad SMARTS) is 1. The molecule has 1 aliphatic heterocycles. The van der Waals surface area contributed by atoms with E-state index >= 15 is 0 Å². The van der Waals surface area contributed by atoms with Crippen molar-refractivity contribution in [2.45, 2.75) is 50.4 Å². The number of amides is 1. The summed E-state index contributed by atoms with van der Waals surface area (Å²) in [5.74, 6) is -0.556. The van der Waals surface area contributed by atoms with Crippen LogP contribution < -0.4 is 4.74 Å². The van der Waals surface area contributed by atoms with Gasteiger partial charge in [-0.2, -0.15) is 14.5 Å². The summed E-state index contributed by atoms with van der Waals surface area (Å²) in [4.78, 5) is 26.7. The number of hydrogen-bond acceptors (Lipinski definition) is 5. The molecule has 1 fully saturated rings. The molecule has 1 amide bonds. The molecule has 0 saturated carbocycles. The smallest absolute Gasteiger partial charge is 0.489 e. The number of carbonyl (C=O) groups is 2. The molecule has 0 aliphatic carbocycles. The van der Waals surface area contributed by atoms with E-state index in [1.54, 1.807) is 42.5 Å². The number of benzene rings is 3. The summed E-state index contributed by atoms with van der Waals surface area (Å²) >= 11 is 0. The fourth-order valence-electron chi connectivity index (χ4n) is 5.69. The maximum absolute atomic E-state index is 14.0. The van der Waals surface area contributed by atoms with Gasteiger partial charge in [0, 0.05) is 29.5 Å². The predicted molar refractivity (Wildman–Crippen MR) is 137 cm³/mol. The van der Waals surface area contributed by atoms with E-state index in [0.29, 0.717) is 29.7 Å². The Morgan fingerprint density at radius 1 is 1.08 bits per heavy atom. The first kappa shape index (κ1) is 26.8. The van der Waals surface area contributed by atoms with Gasteiger partial charge in [0.15, 0.2) is 0 Å². The summed E-state index contributed by atoms with van der Waals surface area (Å²) in [6, 6.07) is 23.9. The minimum atomic E-state index is -1.59. The quantitative estimate of drug-likeness (QED) is 0.284. The van der Waals surface area contributed by atoms with Gasteiger partial charge in [-0.25, -0.2) is 9.18 Å². The highest BCUT2D eigenvalue weighted by Crippen LogP contribution is 2.51. The van der Waals surface area contributed by atoms with Crippen molar-refractivity contribution in [1.82, 2.24) is 0 Å². The summed E-state index contributed by atoms with van der Waals surface area (Å²) in [5, 5.41) is 20.6. The second-order valence-electron chi connectivity index (χ2n) is 9.51. The van der Waals surface area contributed by atoms with Crippen LogP contribution >= 0.6 is 0 Å². The van der Waals surface area contributed by atoms with Crippen LogP contribution in [0.15, 0.2) is 78.9 Å². The van der Waals surface area contributed by atoms with Crippen LogP contribution in [0.2, 0.25) is 0 Å². The van der Waals surface area contributed by atoms with Crippen LogP contribution in [0, 0.1) is 17.1 Å². The van der Waals surface area contributed by atoms with E-state index in [4.69, 9.17) is 9.47 Å². The normalized spacial score (nSPS) is 22.7. The van der Waals surface area contributed by atoms with Crippen molar-refractivity contribution >= 4 is 12.1 Å². The van der Waals surface area contributed by atoms with Gasteiger partial charge in [-0.1, -0.05) is 48.5 Å². The molecule has 0 spiro atoms. The number of likely N-dealkylation sites (tertiary alicyclic amines) is 1. The molecule has 4 rings (SSSR count). The van der Waals surface area contributed by atoms with Gasteiger partial charge in [-0.3, -0.25) is 0 Å². The first-order valence-corrected chi connectivity index (χ1v) is 12.4. The lowest BCUT2D eigenvalue weighted by Crippen LogP contribution is -2.72. The molecule has 8 heteroatoms. The van der Waals surface area contributed by atoms with Crippen LogP contribution in [0.4, 0.5) is 9.18 Å². The monoisotopic (exact) mass is 517 g/mol. The molecule has 3 aromatic rings. The third kappa shape index (κ3) is 4.85. The van der Waals surface area contributed by atoms with Crippen LogP contribution in [0.5, 0.6) is 5.75 Å². The van der Waals surface area contributed by atoms with Crippen molar-refractivity contribution in [3.63, 3.8) is 0 Å². The fourth-order valence-corrected chi connectivity index (χ4v) is 5.69. The summed E-state index contributed by atoms with van der Waals surface area (Å²) in [5.41, 5.74) is 0.270. The number of rotatable bonds is 8. The molecular weight excluding hydrogens is 487 g/mol. The molecule has 1 saturated heterocycles. The Morgan fingerprint density at radius 3 is 2.39 bits per heavy atom. The molecule has 0 radical (unpaired) electrons. The number of nitrogens with zero attached hydrogens (tertiary/aromatic N) is 2. The van der Waals surface area contributed by atoms with Gasteiger partial charge in [0.2, 0.25) is 5.54 Å². The topological polar surface area (TPSA) is 96.6 Å². The van der Waals surface area contributed by atoms with Gasteiger partial charge in [0.25, 0.3) is 0 Å². The van der Waals surface area contributed by atoms with Crippen LogP contribution in [-0.2, 0) is 22.7 Å². The second-order valence-corrected chi connectivity index (χ2v) is 9.51. The van der Waals surface area contributed by atoms with Gasteiger partial charge in [0.05, 0.1) is 13.2 Å². The lowest BCUT2D eigenvalue weighted by molar-refractivity contribution is -0.946. The van der Waals surface area contributed by atoms with E-state index in [0.717, 1.165) is 5.56 Å². The van der Waals surface area contributed by atoms with Crippen LogP contribution in [-0.4, -0.2) is 34.3 Å². The minimum Gasteiger partial charge on any atom is -0.489 e. The van der Waals surface area contributed by atoms with Gasteiger partial charge in [-0.05, 0) is 36.8 Å².